The van der Waals surface area contributed by atoms with E-state index >= 15 is 0 Å². The molecule has 0 bridgehead atoms. The third-order valence-electron chi connectivity index (χ3n) is 4.09. The number of sulfonamides is 1. The largest absolute Gasteiger partial charge is 0.480 e. The molecule has 0 heterocycles. The zero-order chi connectivity index (χ0) is 20.2. The Bertz CT molecular complexity index is 926. The van der Waals surface area contributed by atoms with Crippen LogP contribution < -0.4 is 9.62 Å². The molecule has 0 saturated carbocycles. The highest BCUT2D eigenvalue weighted by molar-refractivity contribution is 7.92. The van der Waals surface area contributed by atoms with Gasteiger partial charge >= 0.3 is 5.97 Å². The second-order valence-corrected chi connectivity index (χ2v) is 8.34. The number of rotatable bonds is 7. The van der Waals surface area contributed by atoms with Crippen molar-refractivity contribution in [1.82, 2.24) is 5.32 Å². The van der Waals surface area contributed by atoms with E-state index in [1.54, 1.807) is 44.2 Å². The Morgan fingerprint density at radius 2 is 1.67 bits per heavy atom. The lowest BCUT2D eigenvalue weighted by atomic mass is 10.0. The number of nitrogens with one attached hydrogen (secondary N) is 1. The van der Waals surface area contributed by atoms with Gasteiger partial charge in [0.15, 0.2) is 0 Å². The highest BCUT2D eigenvalue weighted by atomic mass is 32.2. The van der Waals surface area contributed by atoms with Crippen LogP contribution in [-0.4, -0.2) is 38.5 Å². The maximum absolute atomic E-state index is 12.8. The minimum Gasteiger partial charge on any atom is -0.480 e. The smallest absolute Gasteiger partial charge is 0.326 e. The standard InChI is InChI=1S/C19H22N2O5S/c1-13(2)17(19(23)24)20-18(22)14-8-7-11-16(12-14)27(25,26)21(3)15-9-5-4-6-10-15/h4-13,17H,1-3H3,(H,20,22)(H,23,24)/t17-/m1/s1. The summed E-state index contributed by atoms with van der Waals surface area (Å²) in [7, 11) is -2.44. The summed E-state index contributed by atoms with van der Waals surface area (Å²) in [6, 6.07) is 13.0. The fraction of sp³-hybridized carbons (Fsp3) is 0.263. The van der Waals surface area contributed by atoms with E-state index in [0.29, 0.717) is 5.69 Å². The number of hydrogen-bond acceptors (Lipinski definition) is 4. The lowest BCUT2D eigenvalue weighted by Crippen LogP contribution is -2.44. The number of amides is 1. The van der Waals surface area contributed by atoms with E-state index < -0.39 is 27.9 Å². The Morgan fingerprint density at radius 3 is 2.22 bits per heavy atom. The molecular weight excluding hydrogens is 368 g/mol. The number of carbonyl (C=O) groups is 2. The highest BCUT2D eigenvalue weighted by Gasteiger charge is 2.26. The molecule has 8 heteroatoms. The second-order valence-electron chi connectivity index (χ2n) is 6.37. The molecular formula is C19H22N2O5S. The average molecular weight is 390 g/mol. The number of carboxylic acids is 1. The van der Waals surface area contributed by atoms with Crippen molar-refractivity contribution in [3.8, 4) is 0 Å². The summed E-state index contributed by atoms with van der Waals surface area (Å²) >= 11 is 0. The van der Waals surface area contributed by atoms with Crippen LogP contribution in [0.3, 0.4) is 0 Å². The average Bonchev–Trinajstić information content (AvgIpc) is 2.65. The molecule has 1 amide bonds. The molecule has 2 rings (SSSR count). The molecule has 2 aromatic carbocycles. The Morgan fingerprint density at radius 1 is 1.04 bits per heavy atom. The third kappa shape index (κ3) is 4.65. The van der Waals surface area contributed by atoms with Gasteiger partial charge in [-0.3, -0.25) is 9.10 Å². The van der Waals surface area contributed by atoms with Gasteiger partial charge in [-0.15, -0.1) is 0 Å². The zero-order valence-electron chi connectivity index (χ0n) is 15.3. The van der Waals surface area contributed by atoms with Gasteiger partial charge in [-0.2, -0.15) is 0 Å². The summed E-state index contributed by atoms with van der Waals surface area (Å²) in [5.41, 5.74) is 0.558. The molecule has 7 nitrogen and oxygen atoms in total. The number of hydrogen-bond donors (Lipinski definition) is 2. The van der Waals surface area contributed by atoms with Crippen molar-refractivity contribution in [3.63, 3.8) is 0 Å². The molecule has 27 heavy (non-hydrogen) atoms. The lowest BCUT2D eigenvalue weighted by Gasteiger charge is -2.20. The molecule has 0 fully saturated rings. The van der Waals surface area contributed by atoms with Crippen LogP contribution in [-0.2, 0) is 14.8 Å². The van der Waals surface area contributed by atoms with Gasteiger partial charge < -0.3 is 10.4 Å². The van der Waals surface area contributed by atoms with Crippen molar-refractivity contribution < 1.29 is 23.1 Å². The predicted octanol–water partition coefficient (Wildman–Crippen LogP) is 2.35. The van der Waals surface area contributed by atoms with Gasteiger partial charge in [0.1, 0.15) is 6.04 Å². The van der Waals surface area contributed by atoms with E-state index in [1.807, 2.05) is 0 Å². The van der Waals surface area contributed by atoms with Gasteiger partial charge in [-0.1, -0.05) is 38.1 Å². The van der Waals surface area contributed by atoms with Crippen LogP contribution in [0.1, 0.15) is 24.2 Å². The van der Waals surface area contributed by atoms with Crippen molar-refractivity contribution in [3.05, 3.63) is 60.2 Å². The minimum absolute atomic E-state index is 0.0575. The van der Waals surface area contributed by atoms with Crippen molar-refractivity contribution >= 4 is 27.6 Å². The summed E-state index contributed by atoms with van der Waals surface area (Å²) < 4.78 is 26.8. The summed E-state index contributed by atoms with van der Waals surface area (Å²) in [6.07, 6.45) is 0. The first kappa shape index (κ1) is 20.4. The molecule has 1 atom stereocenters. The van der Waals surface area contributed by atoms with Gasteiger partial charge in [0.2, 0.25) is 0 Å². The molecule has 0 aliphatic rings. The molecule has 0 spiro atoms. The minimum atomic E-state index is -3.87. The van der Waals surface area contributed by atoms with Gasteiger partial charge in [0, 0.05) is 12.6 Å². The first-order chi connectivity index (χ1) is 12.6. The number of para-hydroxylation sites is 1. The fourth-order valence-corrected chi connectivity index (χ4v) is 3.71. The molecule has 0 aliphatic carbocycles. The monoisotopic (exact) mass is 390 g/mol. The number of aliphatic carboxylic acids is 1. The van der Waals surface area contributed by atoms with Crippen LogP contribution in [0.5, 0.6) is 0 Å². The number of anilines is 1. The number of carbonyl (C=O) groups excluding carboxylic acids is 1. The van der Waals surface area contributed by atoms with Gasteiger partial charge in [0.25, 0.3) is 15.9 Å². The van der Waals surface area contributed by atoms with Crippen molar-refractivity contribution in [2.24, 2.45) is 5.92 Å². The number of benzene rings is 2. The van der Waals surface area contributed by atoms with Gasteiger partial charge in [-0.25, -0.2) is 13.2 Å². The molecule has 0 radical (unpaired) electrons. The Kier molecular flexibility index (Phi) is 6.22. The van der Waals surface area contributed by atoms with E-state index in [1.165, 1.54) is 31.3 Å². The van der Waals surface area contributed by atoms with E-state index in [4.69, 9.17) is 0 Å². The van der Waals surface area contributed by atoms with Crippen molar-refractivity contribution in [2.75, 3.05) is 11.4 Å². The van der Waals surface area contributed by atoms with Crippen molar-refractivity contribution in [2.45, 2.75) is 24.8 Å². The summed E-state index contributed by atoms with van der Waals surface area (Å²) in [5, 5.41) is 11.6. The SMILES string of the molecule is CC(C)[C@@H](NC(=O)c1cccc(S(=O)(=O)N(C)c2ccccc2)c1)C(=O)O. The molecule has 0 unspecified atom stereocenters. The van der Waals surface area contributed by atoms with Crippen LogP contribution in [0.25, 0.3) is 0 Å². The summed E-state index contributed by atoms with van der Waals surface area (Å²) in [6.45, 7) is 3.35. The van der Waals surface area contributed by atoms with Gasteiger partial charge in [-0.05, 0) is 36.2 Å². The van der Waals surface area contributed by atoms with E-state index in [9.17, 15) is 23.1 Å². The van der Waals surface area contributed by atoms with Gasteiger partial charge in [0.05, 0.1) is 10.6 Å². The Labute approximate surface area is 158 Å². The second kappa shape index (κ2) is 8.22. The lowest BCUT2D eigenvalue weighted by molar-refractivity contribution is -0.140. The number of nitrogens with zero attached hydrogens (tertiary/aromatic N) is 1. The van der Waals surface area contributed by atoms with E-state index in [0.717, 1.165) is 4.31 Å². The molecule has 2 N–H and O–H groups in total. The van der Waals surface area contributed by atoms with E-state index in [-0.39, 0.29) is 16.4 Å². The molecule has 0 aromatic heterocycles. The predicted molar refractivity (Wildman–Crippen MR) is 102 cm³/mol. The maximum atomic E-state index is 12.8. The molecule has 2 aromatic rings. The molecule has 144 valence electrons. The van der Waals surface area contributed by atoms with Crippen LogP contribution in [0.4, 0.5) is 5.69 Å². The van der Waals surface area contributed by atoms with Crippen LogP contribution >= 0.6 is 0 Å². The van der Waals surface area contributed by atoms with E-state index in [2.05, 4.69) is 5.32 Å². The fourth-order valence-electron chi connectivity index (χ4n) is 2.47. The quantitative estimate of drug-likeness (QED) is 0.755. The Hall–Kier alpha value is -2.87. The summed E-state index contributed by atoms with van der Waals surface area (Å²) in [5.74, 6) is -2.11. The van der Waals surface area contributed by atoms with Crippen LogP contribution in [0.15, 0.2) is 59.5 Å². The molecule has 0 saturated heterocycles. The topological polar surface area (TPSA) is 104 Å². The Balaban J connectivity index is 2.31. The maximum Gasteiger partial charge on any atom is 0.326 e. The first-order valence-corrected chi connectivity index (χ1v) is 9.76. The molecule has 0 aliphatic heterocycles. The third-order valence-corrected chi connectivity index (χ3v) is 5.88. The highest BCUT2D eigenvalue weighted by Crippen LogP contribution is 2.22. The normalized spacial score (nSPS) is 12.4. The number of carboxylic acid groups (broad SMARTS) is 1. The van der Waals surface area contributed by atoms with Crippen LogP contribution in [0.2, 0.25) is 0 Å². The van der Waals surface area contributed by atoms with Crippen molar-refractivity contribution in [1.29, 1.82) is 0 Å². The first-order valence-electron chi connectivity index (χ1n) is 8.32. The zero-order valence-corrected chi connectivity index (χ0v) is 16.1. The summed E-state index contributed by atoms with van der Waals surface area (Å²) in [4.78, 5) is 23.6. The van der Waals surface area contributed by atoms with Crippen LogP contribution in [0, 0.1) is 5.92 Å².